The molecule has 2 heteroatoms. The minimum atomic E-state index is -0.770. The van der Waals surface area contributed by atoms with E-state index in [1.54, 1.807) is 0 Å². The first kappa shape index (κ1) is 42.7. The predicted octanol–water partition coefficient (Wildman–Crippen LogP) is 19.1. The molecule has 0 unspecified atom stereocenters. The lowest BCUT2D eigenvalue weighted by Gasteiger charge is -2.38. The Morgan fingerprint density at radius 1 is 0.263 bits per heavy atom. The molecule has 354 valence electrons. The molecule has 0 N–H and O–H groups in total. The van der Waals surface area contributed by atoms with Crippen LogP contribution in [-0.4, -0.2) is 0 Å². The van der Waals surface area contributed by atoms with Crippen LogP contribution in [0.3, 0.4) is 0 Å². The predicted molar refractivity (Wildman–Crippen MR) is 313 cm³/mol. The van der Waals surface area contributed by atoms with Crippen LogP contribution in [0.4, 0.5) is 17.1 Å². The average molecular weight is 966 g/mol. The summed E-state index contributed by atoms with van der Waals surface area (Å²) in [6.07, 6.45) is 0. The van der Waals surface area contributed by atoms with Crippen LogP contribution in [0.1, 0.15) is 44.5 Å². The van der Waals surface area contributed by atoms with Gasteiger partial charge in [-0.2, -0.15) is 0 Å². The summed E-state index contributed by atoms with van der Waals surface area (Å²) in [5.41, 5.74) is 26.1. The minimum Gasteiger partial charge on any atom is -0.456 e. The largest absolute Gasteiger partial charge is 0.456 e. The average Bonchev–Trinajstić information content (AvgIpc) is 4.22. The number of fused-ring (bicyclic) bond motifs is 16. The van der Waals surface area contributed by atoms with Crippen molar-refractivity contribution in [2.24, 2.45) is 0 Å². The van der Waals surface area contributed by atoms with Crippen molar-refractivity contribution in [3.8, 4) is 55.6 Å². The van der Waals surface area contributed by atoms with Crippen molar-refractivity contribution in [1.82, 2.24) is 0 Å². The highest BCUT2D eigenvalue weighted by Crippen LogP contribution is 2.66. The third kappa shape index (κ3) is 5.70. The van der Waals surface area contributed by atoms with E-state index in [1.807, 2.05) is 0 Å². The zero-order valence-corrected chi connectivity index (χ0v) is 41.5. The molecule has 0 atom stereocenters. The van der Waals surface area contributed by atoms with Crippen molar-refractivity contribution in [3.05, 3.63) is 330 Å². The summed E-state index contributed by atoms with van der Waals surface area (Å²) >= 11 is 0. The molecular weight excluding hydrogens is 919 g/mol. The number of benzene rings is 12. The summed E-state index contributed by atoms with van der Waals surface area (Å²) in [5, 5.41) is 2.16. The molecule has 1 heterocycles. The summed E-state index contributed by atoms with van der Waals surface area (Å²) in [7, 11) is 0. The maximum absolute atomic E-state index is 6.77. The highest BCUT2D eigenvalue weighted by Gasteiger charge is 2.53. The van der Waals surface area contributed by atoms with Crippen LogP contribution in [0.5, 0.6) is 0 Å². The van der Waals surface area contributed by atoms with Crippen molar-refractivity contribution in [3.63, 3.8) is 0 Å². The lowest BCUT2D eigenvalue weighted by atomic mass is 9.64. The van der Waals surface area contributed by atoms with Crippen LogP contribution in [0.25, 0.3) is 77.6 Å². The third-order valence-electron chi connectivity index (χ3n) is 17.0. The molecule has 76 heavy (non-hydrogen) atoms. The van der Waals surface area contributed by atoms with E-state index < -0.39 is 10.8 Å². The zero-order chi connectivity index (χ0) is 50.0. The summed E-state index contributed by atoms with van der Waals surface area (Å²) < 4.78 is 6.77. The summed E-state index contributed by atoms with van der Waals surface area (Å²) in [6.45, 7) is 0. The Labute approximate surface area is 442 Å². The molecule has 12 aromatic carbocycles. The molecule has 0 fully saturated rings. The molecular formula is C74H47NO. The molecule has 13 aromatic rings. The molecule has 3 aliphatic carbocycles. The van der Waals surface area contributed by atoms with Crippen LogP contribution in [0.2, 0.25) is 0 Å². The number of anilines is 3. The van der Waals surface area contributed by atoms with Gasteiger partial charge in [-0.1, -0.05) is 249 Å². The van der Waals surface area contributed by atoms with Gasteiger partial charge >= 0.3 is 0 Å². The normalized spacial score (nSPS) is 13.7. The SMILES string of the molecule is c1ccc(-c2ccccc2C2(c3ccccc3-c3ccccc3)c3ccccc3-c3ccc(N(c4cccc5c4-c4ccccc4C54c5ccccc5-c5ccccc54)c4cccc5oc6ccccc6c45)cc32)cc1. The Hall–Kier alpha value is -9.76. The fourth-order valence-corrected chi connectivity index (χ4v) is 14.2. The lowest BCUT2D eigenvalue weighted by Crippen LogP contribution is -2.30. The molecule has 0 saturated heterocycles. The van der Waals surface area contributed by atoms with Gasteiger partial charge in [-0.15, -0.1) is 0 Å². The summed E-state index contributed by atoms with van der Waals surface area (Å²) in [6, 6.07) is 106. The van der Waals surface area contributed by atoms with E-state index in [4.69, 9.17) is 4.42 Å². The molecule has 0 radical (unpaired) electrons. The first-order valence-electron chi connectivity index (χ1n) is 26.4. The minimum absolute atomic E-state index is 0.522. The van der Waals surface area contributed by atoms with Crippen molar-refractivity contribution in [2.75, 3.05) is 4.90 Å². The first-order valence-corrected chi connectivity index (χ1v) is 26.4. The lowest BCUT2D eigenvalue weighted by molar-refractivity contribution is 0.669. The second-order valence-corrected chi connectivity index (χ2v) is 20.5. The van der Waals surface area contributed by atoms with E-state index in [0.29, 0.717) is 0 Å². The summed E-state index contributed by atoms with van der Waals surface area (Å²) in [4.78, 5) is 2.56. The van der Waals surface area contributed by atoms with Gasteiger partial charge in [-0.25, -0.2) is 0 Å². The molecule has 1 aromatic heterocycles. The van der Waals surface area contributed by atoms with E-state index >= 15 is 0 Å². The van der Waals surface area contributed by atoms with Gasteiger partial charge in [0.2, 0.25) is 0 Å². The van der Waals surface area contributed by atoms with Gasteiger partial charge in [-0.05, 0) is 131 Å². The van der Waals surface area contributed by atoms with Gasteiger partial charge in [0.15, 0.2) is 0 Å². The molecule has 0 amide bonds. The molecule has 0 aliphatic heterocycles. The molecule has 0 saturated carbocycles. The maximum Gasteiger partial charge on any atom is 0.137 e. The van der Waals surface area contributed by atoms with E-state index in [1.165, 1.54) is 100 Å². The van der Waals surface area contributed by atoms with Crippen molar-refractivity contribution < 1.29 is 4.42 Å². The van der Waals surface area contributed by atoms with Crippen molar-refractivity contribution >= 4 is 39.0 Å². The Kier molecular flexibility index (Phi) is 9.20. The number of rotatable bonds is 7. The van der Waals surface area contributed by atoms with Crippen LogP contribution < -0.4 is 4.90 Å². The number of hydrogen-bond acceptors (Lipinski definition) is 2. The second kappa shape index (κ2) is 16.4. The van der Waals surface area contributed by atoms with Crippen LogP contribution in [-0.2, 0) is 10.8 Å². The number of hydrogen-bond donors (Lipinski definition) is 0. The van der Waals surface area contributed by atoms with Crippen LogP contribution in [0, 0.1) is 0 Å². The van der Waals surface area contributed by atoms with E-state index in [-0.39, 0.29) is 0 Å². The third-order valence-corrected chi connectivity index (χ3v) is 17.0. The number of para-hydroxylation sites is 1. The standard InChI is InChI=1S/C74H47NO/c1-3-23-48(24-4-1)51-27-7-14-34-59(51)74(60-35-15-8-28-52(60)49-25-5-2-6-26-49)63-38-18-11-31-55(63)56-46-45-50(47-66(56)74)75(68-42-22-44-70-72(68)58-33-13-20-43-69(58)76-70)67-41-21-40-65-71(67)57-32-12-19-39-64(57)73(65)61-36-16-9-29-53(61)54-30-10-17-37-62(54)73/h1-47H. The summed E-state index contributed by atoms with van der Waals surface area (Å²) in [5.74, 6) is 0. The Morgan fingerprint density at radius 3 is 1.24 bits per heavy atom. The molecule has 1 spiro atoms. The second-order valence-electron chi connectivity index (χ2n) is 20.5. The fourth-order valence-electron chi connectivity index (χ4n) is 14.2. The Bertz CT molecular complexity index is 4360. The van der Waals surface area contributed by atoms with Gasteiger partial charge in [0.25, 0.3) is 0 Å². The van der Waals surface area contributed by atoms with Gasteiger partial charge in [-0.3, -0.25) is 0 Å². The highest BCUT2D eigenvalue weighted by atomic mass is 16.3. The topological polar surface area (TPSA) is 16.4 Å². The van der Waals surface area contributed by atoms with Gasteiger partial charge in [0.1, 0.15) is 11.2 Å². The fraction of sp³-hybridized carbons (Fsp3) is 0.0270. The van der Waals surface area contributed by atoms with Gasteiger partial charge < -0.3 is 9.32 Å². The zero-order valence-electron chi connectivity index (χ0n) is 41.5. The van der Waals surface area contributed by atoms with E-state index in [9.17, 15) is 0 Å². The van der Waals surface area contributed by atoms with Crippen molar-refractivity contribution in [2.45, 2.75) is 10.8 Å². The van der Waals surface area contributed by atoms with Crippen molar-refractivity contribution in [1.29, 1.82) is 0 Å². The van der Waals surface area contributed by atoms with E-state index in [2.05, 4.69) is 290 Å². The first-order chi connectivity index (χ1) is 37.7. The highest BCUT2D eigenvalue weighted by molar-refractivity contribution is 6.14. The molecule has 16 rings (SSSR count). The van der Waals surface area contributed by atoms with Crippen LogP contribution >= 0.6 is 0 Å². The molecule has 2 nitrogen and oxygen atoms in total. The quantitative estimate of drug-likeness (QED) is 0.158. The molecule has 0 bridgehead atoms. The Morgan fingerprint density at radius 2 is 0.658 bits per heavy atom. The Balaban J connectivity index is 1.04. The van der Waals surface area contributed by atoms with Crippen LogP contribution in [0.15, 0.2) is 290 Å². The number of nitrogens with zero attached hydrogens (tertiary/aromatic N) is 1. The van der Waals surface area contributed by atoms with Gasteiger partial charge in [0, 0.05) is 16.6 Å². The maximum atomic E-state index is 6.77. The number of furan rings is 1. The van der Waals surface area contributed by atoms with Gasteiger partial charge in [0.05, 0.1) is 27.6 Å². The van der Waals surface area contributed by atoms with E-state index in [0.717, 1.165) is 39.0 Å². The smallest absolute Gasteiger partial charge is 0.137 e. The molecule has 3 aliphatic rings. The monoisotopic (exact) mass is 965 g/mol.